The molecule has 0 bridgehead atoms. The molecule has 1 fully saturated rings. The molecule has 1 aliphatic rings. The fourth-order valence-corrected chi connectivity index (χ4v) is 10.4. The molecular weight excluding hydrogens is 755 g/mol. The van der Waals surface area contributed by atoms with Crippen molar-refractivity contribution >= 4 is 48.6 Å². The third-order valence-electron chi connectivity index (χ3n) is 12.8. The lowest BCUT2D eigenvalue weighted by Crippen LogP contribution is -2.10. The lowest BCUT2D eigenvalue weighted by molar-refractivity contribution is 0.420. The fraction of sp³-hybridized carbons (Fsp3) is 0.0847. The Kier molecular flexibility index (Phi) is 9.64. The van der Waals surface area contributed by atoms with Gasteiger partial charge in [0.1, 0.15) is 0 Å². The summed E-state index contributed by atoms with van der Waals surface area (Å²) >= 11 is 1.89. The van der Waals surface area contributed by atoms with Gasteiger partial charge in [-0.2, -0.15) is 0 Å². The van der Waals surface area contributed by atoms with Gasteiger partial charge in [0, 0.05) is 37.2 Å². The monoisotopic (exact) mass is 799 g/mol. The van der Waals surface area contributed by atoms with Gasteiger partial charge in [0.2, 0.25) is 0 Å². The highest BCUT2D eigenvalue weighted by Gasteiger charge is 2.25. The second kappa shape index (κ2) is 15.9. The first kappa shape index (κ1) is 37.0. The predicted molar refractivity (Wildman–Crippen MR) is 263 cm³/mol. The Morgan fingerprint density at radius 2 is 0.902 bits per heavy atom. The second-order valence-corrected chi connectivity index (χ2v) is 17.5. The zero-order valence-electron chi connectivity index (χ0n) is 34.3. The molecule has 2 heteroatoms. The number of hydrogen-bond donors (Lipinski definition) is 0. The van der Waals surface area contributed by atoms with E-state index >= 15 is 0 Å². The molecule has 0 unspecified atom stereocenters. The molecule has 1 aromatic heterocycles. The Bertz CT molecular complexity index is 3140. The van der Waals surface area contributed by atoms with Gasteiger partial charge in [-0.3, -0.25) is 0 Å². The summed E-state index contributed by atoms with van der Waals surface area (Å²) < 4.78 is 2.65. The summed E-state index contributed by atoms with van der Waals surface area (Å²) in [6.45, 7) is 2.24. The average molecular weight is 800 g/mol. The maximum absolute atomic E-state index is 2.53. The Balaban J connectivity index is 0.986. The third-order valence-corrected chi connectivity index (χ3v) is 13.9. The molecule has 0 aliphatic heterocycles. The number of thiophene rings is 1. The van der Waals surface area contributed by atoms with Crippen molar-refractivity contribution in [3.63, 3.8) is 0 Å². The lowest BCUT2D eigenvalue weighted by Gasteiger charge is -2.29. The second-order valence-electron chi connectivity index (χ2n) is 16.4. The van der Waals surface area contributed by atoms with Gasteiger partial charge in [-0.1, -0.05) is 164 Å². The van der Waals surface area contributed by atoms with Crippen molar-refractivity contribution in [1.82, 2.24) is 0 Å². The van der Waals surface area contributed by atoms with Crippen LogP contribution in [0.1, 0.15) is 36.3 Å². The number of rotatable bonds is 9. The maximum Gasteiger partial charge on any atom is 0.0462 e. The molecule has 0 saturated heterocycles. The topological polar surface area (TPSA) is 3.24 Å². The molecule has 0 radical (unpaired) electrons. The van der Waals surface area contributed by atoms with Crippen LogP contribution >= 0.6 is 11.3 Å². The number of benzene rings is 9. The van der Waals surface area contributed by atoms with Gasteiger partial charge in [0.15, 0.2) is 0 Å². The van der Waals surface area contributed by atoms with E-state index in [9.17, 15) is 0 Å². The number of hydrogen-bond acceptors (Lipinski definition) is 2. The lowest BCUT2D eigenvalue weighted by atomic mass is 9.75. The van der Waals surface area contributed by atoms with E-state index in [1.165, 1.54) is 106 Å². The van der Waals surface area contributed by atoms with Crippen LogP contribution in [-0.4, -0.2) is 0 Å². The third kappa shape index (κ3) is 7.03. The van der Waals surface area contributed by atoms with Crippen LogP contribution in [0.25, 0.3) is 75.8 Å². The van der Waals surface area contributed by atoms with Crippen LogP contribution in [0, 0.1) is 6.92 Å². The van der Waals surface area contributed by atoms with Crippen LogP contribution in [-0.2, 0) is 0 Å². The van der Waals surface area contributed by atoms with Gasteiger partial charge >= 0.3 is 0 Å². The first-order chi connectivity index (χ1) is 30.1. The van der Waals surface area contributed by atoms with Gasteiger partial charge in [-0.05, 0) is 147 Å². The minimum Gasteiger partial charge on any atom is -0.311 e. The Morgan fingerprint density at radius 3 is 1.56 bits per heavy atom. The van der Waals surface area contributed by atoms with Crippen LogP contribution in [0.2, 0.25) is 0 Å². The number of anilines is 3. The molecule has 292 valence electrons. The minimum absolute atomic E-state index is 0.598. The van der Waals surface area contributed by atoms with Crippen LogP contribution in [0.4, 0.5) is 17.1 Å². The molecule has 9 aromatic carbocycles. The first-order valence-corrected chi connectivity index (χ1v) is 22.3. The molecule has 11 rings (SSSR count). The van der Waals surface area contributed by atoms with Gasteiger partial charge in [0.25, 0.3) is 0 Å². The van der Waals surface area contributed by atoms with Crippen LogP contribution < -0.4 is 4.90 Å². The number of para-hydroxylation sites is 1. The highest BCUT2D eigenvalue weighted by molar-refractivity contribution is 7.25. The first-order valence-electron chi connectivity index (χ1n) is 21.5. The summed E-state index contributed by atoms with van der Waals surface area (Å²) in [5, 5.41) is 2.66. The summed E-state index contributed by atoms with van der Waals surface area (Å²) in [5.74, 6) is 0.598. The molecule has 0 N–H and O–H groups in total. The largest absolute Gasteiger partial charge is 0.311 e. The van der Waals surface area contributed by atoms with E-state index in [1.54, 1.807) is 0 Å². The molecule has 0 amide bonds. The van der Waals surface area contributed by atoms with Gasteiger partial charge in [-0.15, -0.1) is 11.3 Å². The molecule has 1 nitrogen and oxygen atoms in total. The normalized spacial score (nSPS) is 12.7. The van der Waals surface area contributed by atoms with Gasteiger partial charge in [-0.25, -0.2) is 0 Å². The highest BCUT2D eigenvalue weighted by Crippen LogP contribution is 2.47. The summed E-state index contributed by atoms with van der Waals surface area (Å²) in [7, 11) is 0. The van der Waals surface area contributed by atoms with E-state index in [0.717, 1.165) is 17.1 Å². The van der Waals surface area contributed by atoms with E-state index in [2.05, 4.69) is 224 Å². The van der Waals surface area contributed by atoms with Crippen molar-refractivity contribution in [3.05, 3.63) is 223 Å². The van der Waals surface area contributed by atoms with Gasteiger partial charge < -0.3 is 4.90 Å². The summed E-state index contributed by atoms with van der Waals surface area (Å²) in [5.41, 5.74) is 18.8. The van der Waals surface area contributed by atoms with E-state index in [-0.39, 0.29) is 0 Å². The predicted octanol–water partition coefficient (Wildman–Crippen LogP) is 17.4. The maximum atomic E-state index is 2.53. The Morgan fingerprint density at radius 1 is 0.377 bits per heavy atom. The van der Waals surface area contributed by atoms with Crippen LogP contribution in [0.15, 0.2) is 212 Å². The molecule has 1 heterocycles. The number of fused-ring (bicyclic) bond motifs is 3. The molecule has 0 spiro atoms. The highest BCUT2D eigenvalue weighted by atomic mass is 32.1. The standard InChI is InChI=1S/C59H45NS/c1-40-13-8-9-20-51(40)52-36-31-47(37-54(52)45-16-12-17-45)55-38-57-53-21-10-11-22-58(53)61-59(57)39-56(55)46-29-34-50(35-30-46)60(48-18-6-3-7-19-48)49-32-27-44(28-33-49)43-25-23-42(24-26-43)41-14-4-2-5-15-41/h2-11,13-15,18-39,45H,12,16-17H2,1H3. The summed E-state index contributed by atoms with van der Waals surface area (Å²) in [6, 6.07) is 78.3. The van der Waals surface area contributed by atoms with Crippen molar-refractivity contribution in [3.8, 4) is 55.6 Å². The molecule has 10 aromatic rings. The SMILES string of the molecule is Cc1ccccc1-c1ccc(-c2cc3c(cc2-c2ccc(N(c4ccccc4)c4ccc(-c5ccc(-c6ccccc6)cc5)cc4)cc2)sc2ccccc23)cc1C1CCC1. The van der Waals surface area contributed by atoms with Crippen LogP contribution in [0.5, 0.6) is 0 Å². The Hall–Kier alpha value is -7.00. The van der Waals surface area contributed by atoms with Gasteiger partial charge in [0.05, 0.1) is 0 Å². The number of nitrogens with zero attached hydrogens (tertiary/aromatic N) is 1. The Labute approximate surface area is 362 Å². The van der Waals surface area contributed by atoms with Crippen molar-refractivity contribution in [1.29, 1.82) is 0 Å². The van der Waals surface area contributed by atoms with Crippen molar-refractivity contribution in [2.75, 3.05) is 4.90 Å². The zero-order valence-corrected chi connectivity index (χ0v) is 35.1. The molecular formula is C59H45NS. The minimum atomic E-state index is 0.598. The molecule has 0 atom stereocenters. The smallest absolute Gasteiger partial charge is 0.0462 e. The molecule has 61 heavy (non-hydrogen) atoms. The fourth-order valence-electron chi connectivity index (χ4n) is 9.26. The summed E-state index contributed by atoms with van der Waals surface area (Å²) in [6.07, 6.45) is 3.82. The van der Waals surface area contributed by atoms with Crippen molar-refractivity contribution in [2.45, 2.75) is 32.1 Å². The van der Waals surface area contributed by atoms with Crippen molar-refractivity contribution in [2.24, 2.45) is 0 Å². The average Bonchev–Trinajstić information content (AvgIpc) is 3.67. The zero-order chi connectivity index (χ0) is 40.7. The van der Waals surface area contributed by atoms with E-state index in [1.807, 2.05) is 11.3 Å². The van der Waals surface area contributed by atoms with E-state index in [4.69, 9.17) is 0 Å². The summed E-state index contributed by atoms with van der Waals surface area (Å²) in [4.78, 5) is 2.36. The molecule has 1 aliphatic carbocycles. The van der Waals surface area contributed by atoms with E-state index in [0.29, 0.717) is 5.92 Å². The number of aryl methyl sites for hydroxylation is 1. The molecule has 1 saturated carbocycles. The van der Waals surface area contributed by atoms with Crippen LogP contribution in [0.3, 0.4) is 0 Å². The quantitative estimate of drug-likeness (QED) is 0.141. The van der Waals surface area contributed by atoms with E-state index < -0.39 is 0 Å². The van der Waals surface area contributed by atoms with Crippen molar-refractivity contribution < 1.29 is 0 Å².